The summed E-state index contributed by atoms with van der Waals surface area (Å²) >= 11 is 0. The van der Waals surface area contributed by atoms with Crippen molar-refractivity contribution in [1.29, 1.82) is 0 Å². The van der Waals surface area contributed by atoms with Gasteiger partial charge in [-0.2, -0.15) is 0 Å². The van der Waals surface area contributed by atoms with Gasteiger partial charge in [0, 0.05) is 0 Å². The SMILES string of the molecule is O=C(OC[C@H]1O[C@H](O[C@H]2[C@H](OC(=O)c3ccccc3)[C@@H](O)O[C@@H]2COC(=O)c2ccccc2)[C@@H](OC(=O)c2ccccc2)[C@@H]1O)c1ccccc1. The first-order valence-corrected chi connectivity index (χ1v) is 16.1. The molecule has 4 aromatic rings. The van der Waals surface area contributed by atoms with E-state index in [1.54, 1.807) is 97.1 Å². The summed E-state index contributed by atoms with van der Waals surface area (Å²) in [5.41, 5.74) is 0.855. The van der Waals surface area contributed by atoms with Crippen LogP contribution in [0.1, 0.15) is 41.4 Å². The zero-order valence-electron chi connectivity index (χ0n) is 27.0. The Labute approximate surface area is 292 Å². The number of carbonyl (C=O) groups is 4. The molecule has 0 saturated carbocycles. The van der Waals surface area contributed by atoms with Gasteiger partial charge in [0.05, 0.1) is 22.3 Å². The number of rotatable bonds is 12. The second-order valence-corrected chi connectivity index (χ2v) is 11.6. The second-order valence-electron chi connectivity index (χ2n) is 11.6. The van der Waals surface area contributed by atoms with E-state index in [1.807, 2.05) is 0 Å². The van der Waals surface area contributed by atoms with Gasteiger partial charge in [0.25, 0.3) is 0 Å². The molecular formula is C38H34O13. The average molecular weight is 699 g/mol. The van der Waals surface area contributed by atoms with Gasteiger partial charge >= 0.3 is 23.9 Å². The van der Waals surface area contributed by atoms with Crippen LogP contribution >= 0.6 is 0 Å². The van der Waals surface area contributed by atoms with E-state index in [2.05, 4.69) is 0 Å². The highest BCUT2D eigenvalue weighted by Crippen LogP contribution is 2.33. The summed E-state index contributed by atoms with van der Waals surface area (Å²) < 4.78 is 40.1. The third kappa shape index (κ3) is 8.66. The Bertz CT molecular complexity index is 1770. The van der Waals surface area contributed by atoms with E-state index in [1.165, 1.54) is 24.3 Å². The first-order valence-electron chi connectivity index (χ1n) is 16.1. The van der Waals surface area contributed by atoms with Crippen LogP contribution in [0.3, 0.4) is 0 Å². The molecule has 2 saturated heterocycles. The first kappa shape index (κ1) is 35.4. The van der Waals surface area contributed by atoms with E-state index in [-0.39, 0.29) is 22.3 Å². The van der Waals surface area contributed by atoms with Crippen LogP contribution in [0.15, 0.2) is 121 Å². The second kappa shape index (κ2) is 16.5. The summed E-state index contributed by atoms with van der Waals surface area (Å²) in [5.74, 6) is -3.01. The van der Waals surface area contributed by atoms with Gasteiger partial charge in [-0.25, -0.2) is 19.2 Å². The molecule has 0 bridgehead atoms. The fourth-order valence-corrected chi connectivity index (χ4v) is 5.53. The van der Waals surface area contributed by atoms with Gasteiger partial charge in [0.15, 0.2) is 24.8 Å². The standard InChI is InChI=1S/C38H34O13/c39-29-27(21-45-33(40)23-13-5-1-6-14-23)48-38(31(29)49-35(42)25-17-9-3-10-18-25)51-30-28(22-46-34(41)24-15-7-2-8-16-24)47-37(44)32(30)50-36(43)26-19-11-4-12-20-26/h1-20,27-32,37-39,44H,21-22H2/t27-,28-,29-,30-,31+,32+,37+,38-/m1/s1. The van der Waals surface area contributed by atoms with Crippen LogP contribution < -0.4 is 0 Å². The van der Waals surface area contributed by atoms with E-state index in [0.29, 0.717) is 0 Å². The summed E-state index contributed by atoms with van der Waals surface area (Å²) in [5, 5.41) is 22.3. The minimum absolute atomic E-state index is 0.169. The number of ether oxygens (including phenoxy) is 7. The summed E-state index contributed by atoms with van der Waals surface area (Å²) in [7, 11) is 0. The van der Waals surface area contributed by atoms with Crippen molar-refractivity contribution >= 4 is 23.9 Å². The highest BCUT2D eigenvalue weighted by atomic mass is 16.8. The molecule has 13 heteroatoms. The Kier molecular flexibility index (Phi) is 11.5. The fraction of sp³-hybridized carbons (Fsp3) is 0.263. The molecule has 6 rings (SSSR count). The predicted octanol–water partition coefficient (Wildman–Crippen LogP) is 3.34. The number of esters is 4. The third-order valence-corrected chi connectivity index (χ3v) is 8.15. The molecule has 2 heterocycles. The maximum atomic E-state index is 13.2. The Hall–Kier alpha value is -5.44. The number of hydrogen-bond donors (Lipinski definition) is 2. The van der Waals surface area contributed by atoms with Gasteiger partial charge in [-0.05, 0) is 48.5 Å². The molecule has 0 amide bonds. The van der Waals surface area contributed by atoms with Crippen molar-refractivity contribution in [3.8, 4) is 0 Å². The van der Waals surface area contributed by atoms with Gasteiger partial charge in [-0.15, -0.1) is 0 Å². The molecule has 2 aliphatic heterocycles. The van der Waals surface area contributed by atoms with Crippen LogP contribution in [-0.4, -0.2) is 96.5 Å². The maximum Gasteiger partial charge on any atom is 0.338 e. The number of carbonyl (C=O) groups excluding carboxylic acids is 4. The Morgan fingerprint density at radius 2 is 0.882 bits per heavy atom. The highest BCUT2D eigenvalue weighted by molar-refractivity contribution is 5.91. The zero-order chi connectivity index (χ0) is 35.7. The van der Waals surface area contributed by atoms with Crippen molar-refractivity contribution in [3.63, 3.8) is 0 Å². The van der Waals surface area contributed by atoms with Crippen molar-refractivity contribution in [2.75, 3.05) is 13.2 Å². The summed E-state index contributed by atoms with van der Waals surface area (Å²) in [6, 6.07) is 32.3. The lowest BCUT2D eigenvalue weighted by Crippen LogP contribution is -2.46. The molecule has 8 atom stereocenters. The molecule has 0 radical (unpaired) electrons. The molecule has 2 fully saturated rings. The van der Waals surface area contributed by atoms with Gasteiger partial charge in [-0.1, -0.05) is 72.8 Å². The monoisotopic (exact) mass is 698 g/mol. The highest BCUT2D eigenvalue weighted by Gasteiger charge is 2.54. The topological polar surface area (TPSA) is 173 Å². The largest absolute Gasteiger partial charge is 0.459 e. The van der Waals surface area contributed by atoms with Crippen LogP contribution in [0.25, 0.3) is 0 Å². The van der Waals surface area contributed by atoms with Crippen LogP contribution in [0, 0.1) is 0 Å². The van der Waals surface area contributed by atoms with E-state index in [0.717, 1.165) is 0 Å². The van der Waals surface area contributed by atoms with E-state index in [9.17, 15) is 29.4 Å². The average Bonchev–Trinajstić information content (AvgIpc) is 3.63. The number of hydrogen-bond acceptors (Lipinski definition) is 13. The van der Waals surface area contributed by atoms with Crippen LogP contribution in [0.2, 0.25) is 0 Å². The number of benzene rings is 4. The Balaban J connectivity index is 1.24. The molecule has 13 nitrogen and oxygen atoms in total. The first-order chi connectivity index (χ1) is 24.8. The quantitative estimate of drug-likeness (QED) is 0.163. The molecule has 2 aliphatic rings. The van der Waals surface area contributed by atoms with E-state index in [4.69, 9.17) is 33.2 Å². The number of aliphatic hydroxyl groups excluding tert-OH is 2. The maximum absolute atomic E-state index is 13.2. The number of aliphatic hydroxyl groups is 2. The van der Waals surface area contributed by atoms with Gasteiger partial charge in [0.1, 0.15) is 37.6 Å². The molecule has 0 aliphatic carbocycles. The van der Waals surface area contributed by atoms with Crippen molar-refractivity contribution in [1.82, 2.24) is 0 Å². The van der Waals surface area contributed by atoms with Crippen LogP contribution in [-0.2, 0) is 33.2 Å². The van der Waals surface area contributed by atoms with Crippen molar-refractivity contribution in [2.24, 2.45) is 0 Å². The summed E-state index contributed by atoms with van der Waals surface area (Å²) in [4.78, 5) is 51.7. The Morgan fingerprint density at radius 1 is 0.490 bits per heavy atom. The van der Waals surface area contributed by atoms with Crippen molar-refractivity contribution < 1.29 is 62.5 Å². The van der Waals surface area contributed by atoms with Crippen molar-refractivity contribution in [2.45, 2.75) is 49.2 Å². The lowest BCUT2D eigenvalue weighted by atomic mass is 10.1. The normalized spacial score (nSPS) is 25.5. The lowest BCUT2D eigenvalue weighted by molar-refractivity contribution is -0.215. The van der Waals surface area contributed by atoms with E-state index < -0.39 is 86.3 Å². The predicted molar refractivity (Wildman–Crippen MR) is 175 cm³/mol. The fourth-order valence-electron chi connectivity index (χ4n) is 5.53. The van der Waals surface area contributed by atoms with E-state index >= 15 is 0 Å². The summed E-state index contributed by atoms with van der Waals surface area (Å²) in [6.45, 7) is -0.917. The zero-order valence-corrected chi connectivity index (χ0v) is 27.0. The minimum Gasteiger partial charge on any atom is -0.459 e. The smallest absolute Gasteiger partial charge is 0.338 e. The molecular weight excluding hydrogens is 664 g/mol. The third-order valence-electron chi connectivity index (χ3n) is 8.15. The van der Waals surface area contributed by atoms with Crippen LogP contribution in [0.4, 0.5) is 0 Å². The van der Waals surface area contributed by atoms with Gasteiger partial charge in [-0.3, -0.25) is 0 Å². The molecule has 51 heavy (non-hydrogen) atoms. The molecule has 0 spiro atoms. The molecule has 264 valence electrons. The molecule has 0 aromatic heterocycles. The minimum atomic E-state index is -1.75. The summed E-state index contributed by atoms with van der Waals surface area (Å²) in [6.07, 6.45) is -11.8. The lowest BCUT2D eigenvalue weighted by Gasteiger charge is -2.28. The molecule has 2 N–H and O–H groups in total. The molecule has 0 unspecified atom stereocenters. The van der Waals surface area contributed by atoms with Gasteiger partial charge < -0.3 is 43.4 Å². The molecule has 4 aromatic carbocycles. The van der Waals surface area contributed by atoms with Crippen molar-refractivity contribution in [3.05, 3.63) is 144 Å². The Morgan fingerprint density at radius 3 is 1.33 bits per heavy atom. The van der Waals surface area contributed by atoms with Crippen LogP contribution in [0.5, 0.6) is 0 Å². The van der Waals surface area contributed by atoms with Gasteiger partial charge in [0.2, 0.25) is 0 Å².